The van der Waals surface area contributed by atoms with E-state index in [1.54, 1.807) is 26.0 Å². The maximum Gasteiger partial charge on any atom is 0.305 e. The molecule has 0 fully saturated rings. The topological polar surface area (TPSA) is 135 Å². The number of amidine groups is 1. The molecule has 6 N–H and O–H groups in total. The minimum atomic E-state index is -0.0854. The first-order valence-electron chi connectivity index (χ1n) is 7.90. The van der Waals surface area contributed by atoms with Gasteiger partial charge in [0.2, 0.25) is 0 Å². The summed E-state index contributed by atoms with van der Waals surface area (Å²) in [5, 5.41) is 51.4. The van der Waals surface area contributed by atoms with Crippen molar-refractivity contribution in [3.05, 3.63) is 47.5 Å². The lowest BCUT2D eigenvalue weighted by Crippen LogP contribution is -3.00. The summed E-state index contributed by atoms with van der Waals surface area (Å²) in [6.45, 7) is 3.42. The zero-order valence-electron chi connectivity index (χ0n) is 15.5. The SMILES string of the molecule is CS/C(=N/N=C(C)c1ccc(O)cc1O)[NH2+]N=C(C)c1ccc(O)cc1O.[I-]. The van der Waals surface area contributed by atoms with E-state index in [1.807, 2.05) is 6.26 Å². The lowest BCUT2D eigenvalue weighted by Gasteiger charge is -2.04. The van der Waals surface area contributed by atoms with Crippen LogP contribution in [0.4, 0.5) is 0 Å². The molecule has 0 amide bonds. The molecule has 0 unspecified atom stereocenters. The number of nitrogens with zero attached hydrogens (tertiary/aromatic N) is 3. The molecule has 2 rings (SSSR count). The minimum Gasteiger partial charge on any atom is -1.00 e. The normalized spacial score (nSPS) is 12.6. The van der Waals surface area contributed by atoms with Crippen LogP contribution in [0.1, 0.15) is 25.0 Å². The third-order valence-electron chi connectivity index (χ3n) is 3.62. The number of quaternary nitrogens is 1. The number of benzene rings is 2. The molecule has 0 saturated heterocycles. The molecule has 0 aliphatic heterocycles. The molecule has 2 aromatic rings. The highest BCUT2D eigenvalue weighted by molar-refractivity contribution is 8.12. The molecule has 0 saturated carbocycles. The number of rotatable bonds is 4. The second-order valence-electron chi connectivity index (χ2n) is 5.57. The Balaban J connectivity index is 0.00000392. The molecule has 0 aromatic heterocycles. The zero-order valence-corrected chi connectivity index (χ0v) is 18.4. The maximum atomic E-state index is 9.88. The van der Waals surface area contributed by atoms with E-state index in [2.05, 4.69) is 15.3 Å². The van der Waals surface area contributed by atoms with Gasteiger partial charge in [-0.05, 0) is 56.1 Å². The molecule has 0 aliphatic rings. The lowest BCUT2D eigenvalue weighted by molar-refractivity contribution is -0.540. The first kappa shape index (κ1) is 23.7. The molecule has 2 aromatic carbocycles. The molecule has 0 spiro atoms. The van der Waals surface area contributed by atoms with Crippen LogP contribution in [0.2, 0.25) is 0 Å². The van der Waals surface area contributed by atoms with Crippen molar-refractivity contribution in [1.29, 1.82) is 0 Å². The summed E-state index contributed by atoms with van der Waals surface area (Å²) in [6.07, 6.45) is 1.82. The number of nitrogens with two attached hydrogens (primary N) is 1. The van der Waals surface area contributed by atoms with Gasteiger partial charge in [-0.1, -0.05) is 10.2 Å². The Morgan fingerprint density at radius 1 is 0.821 bits per heavy atom. The van der Waals surface area contributed by atoms with Crippen LogP contribution in [0.5, 0.6) is 23.0 Å². The second kappa shape index (κ2) is 10.9. The van der Waals surface area contributed by atoms with Crippen molar-refractivity contribution < 1.29 is 49.8 Å². The molecular weight excluding hydrogens is 495 g/mol. The predicted molar refractivity (Wildman–Crippen MR) is 107 cm³/mol. The van der Waals surface area contributed by atoms with Crippen LogP contribution in [-0.4, -0.2) is 43.3 Å². The summed E-state index contributed by atoms with van der Waals surface area (Å²) in [5.41, 5.74) is 3.50. The third-order valence-corrected chi connectivity index (χ3v) is 4.22. The van der Waals surface area contributed by atoms with Crippen molar-refractivity contribution in [2.75, 3.05) is 6.26 Å². The smallest absolute Gasteiger partial charge is 0.305 e. The van der Waals surface area contributed by atoms with E-state index in [0.717, 1.165) is 0 Å². The van der Waals surface area contributed by atoms with Gasteiger partial charge in [-0.3, -0.25) is 0 Å². The Labute approximate surface area is 183 Å². The summed E-state index contributed by atoms with van der Waals surface area (Å²) in [4.78, 5) is 0. The molecule has 10 heteroatoms. The van der Waals surface area contributed by atoms with E-state index in [0.29, 0.717) is 27.7 Å². The van der Waals surface area contributed by atoms with Crippen LogP contribution in [-0.2, 0) is 0 Å². The molecule has 0 heterocycles. The Bertz CT molecular complexity index is 932. The van der Waals surface area contributed by atoms with Crippen LogP contribution in [0.3, 0.4) is 0 Å². The lowest BCUT2D eigenvalue weighted by atomic mass is 10.1. The van der Waals surface area contributed by atoms with E-state index < -0.39 is 0 Å². The molecule has 150 valence electrons. The van der Waals surface area contributed by atoms with Crippen molar-refractivity contribution >= 4 is 28.4 Å². The van der Waals surface area contributed by atoms with Crippen LogP contribution in [0.15, 0.2) is 51.7 Å². The van der Waals surface area contributed by atoms with Gasteiger partial charge in [0, 0.05) is 23.3 Å². The van der Waals surface area contributed by atoms with E-state index in [9.17, 15) is 20.4 Å². The molecule has 0 radical (unpaired) electrons. The van der Waals surface area contributed by atoms with Gasteiger partial charge in [0.1, 0.15) is 28.7 Å². The number of hydrogen-bond donors (Lipinski definition) is 5. The fourth-order valence-electron chi connectivity index (χ4n) is 2.17. The van der Waals surface area contributed by atoms with Gasteiger partial charge in [0.05, 0.1) is 5.71 Å². The van der Waals surface area contributed by atoms with Gasteiger partial charge >= 0.3 is 5.17 Å². The molecule has 28 heavy (non-hydrogen) atoms. The maximum absolute atomic E-state index is 9.88. The number of phenols is 4. The Morgan fingerprint density at radius 2 is 1.32 bits per heavy atom. The second-order valence-corrected chi connectivity index (χ2v) is 6.40. The Kier molecular flexibility index (Phi) is 9.22. The van der Waals surface area contributed by atoms with Crippen molar-refractivity contribution in [1.82, 2.24) is 0 Å². The number of thioether (sulfide) groups is 1. The third kappa shape index (κ3) is 6.39. The minimum absolute atomic E-state index is 0. The molecule has 0 atom stereocenters. The van der Waals surface area contributed by atoms with Gasteiger partial charge in [-0.25, -0.2) is 0 Å². The summed E-state index contributed by atoms with van der Waals surface area (Å²) in [5.74, 6) is -0.212. The summed E-state index contributed by atoms with van der Waals surface area (Å²) in [6, 6.07) is 8.53. The van der Waals surface area contributed by atoms with Crippen molar-refractivity contribution in [2.45, 2.75) is 13.8 Å². The Morgan fingerprint density at radius 3 is 1.79 bits per heavy atom. The highest BCUT2D eigenvalue weighted by atomic mass is 127. The number of phenolic OH excluding ortho intramolecular Hbond substituents is 4. The van der Waals surface area contributed by atoms with Crippen molar-refractivity contribution in [2.24, 2.45) is 15.3 Å². The van der Waals surface area contributed by atoms with Crippen molar-refractivity contribution in [3.63, 3.8) is 0 Å². The standard InChI is InChI=1S/C18H20N4O4S.HI/c1-10(14-6-4-12(23)8-16(14)25)19-21-18(27-3)22-20-11(2)15-7-5-13(24)9-17(15)26;/h4-9,23-26H,1-3H3,(H,21,22);1H. The Hall–Kier alpha value is -2.31. The van der Waals surface area contributed by atoms with E-state index in [4.69, 9.17) is 0 Å². The largest absolute Gasteiger partial charge is 1.00 e. The van der Waals surface area contributed by atoms with Gasteiger partial charge < -0.3 is 44.4 Å². The van der Waals surface area contributed by atoms with Gasteiger partial charge in [0.25, 0.3) is 0 Å². The van der Waals surface area contributed by atoms with Crippen LogP contribution in [0.25, 0.3) is 0 Å². The fraction of sp³-hybridized carbons (Fsp3) is 0.167. The van der Waals surface area contributed by atoms with Crippen molar-refractivity contribution in [3.8, 4) is 23.0 Å². The average molecular weight is 516 g/mol. The van der Waals surface area contributed by atoms with Gasteiger partial charge in [-0.2, -0.15) is 5.43 Å². The predicted octanol–water partition coefficient (Wildman–Crippen LogP) is -1.06. The first-order chi connectivity index (χ1) is 12.8. The van der Waals surface area contributed by atoms with Gasteiger partial charge in [0.15, 0.2) is 0 Å². The summed E-state index contributed by atoms with van der Waals surface area (Å²) < 4.78 is 0. The molecular formula is C18H21IN4O4S. The first-order valence-corrected chi connectivity index (χ1v) is 9.13. The zero-order chi connectivity index (χ0) is 20.0. The number of halogens is 1. The fourth-order valence-corrected chi connectivity index (χ4v) is 2.45. The monoisotopic (exact) mass is 516 g/mol. The van der Waals surface area contributed by atoms with E-state index in [-0.39, 0.29) is 47.0 Å². The summed E-state index contributed by atoms with van der Waals surface area (Å²) in [7, 11) is 0. The molecule has 0 aliphatic carbocycles. The number of aromatic hydroxyl groups is 4. The average Bonchev–Trinajstić information content (AvgIpc) is 2.61. The summed E-state index contributed by atoms with van der Waals surface area (Å²) >= 11 is 1.33. The highest BCUT2D eigenvalue weighted by Gasteiger charge is 2.09. The van der Waals surface area contributed by atoms with Gasteiger partial charge in [-0.15, -0.1) is 5.10 Å². The quantitative estimate of drug-likeness (QED) is 0.116. The van der Waals surface area contributed by atoms with E-state index >= 15 is 0 Å². The van der Waals surface area contributed by atoms with E-state index in [1.165, 1.54) is 41.5 Å². The molecule has 8 nitrogen and oxygen atoms in total. The van der Waals surface area contributed by atoms with Crippen LogP contribution < -0.4 is 29.4 Å². The van der Waals surface area contributed by atoms with Crippen LogP contribution in [0, 0.1) is 0 Å². The van der Waals surface area contributed by atoms with Crippen LogP contribution >= 0.6 is 11.8 Å². The highest BCUT2D eigenvalue weighted by Crippen LogP contribution is 2.24. The number of hydrogen-bond acceptors (Lipinski definition) is 8. The molecule has 0 bridgehead atoms.